The van der Waals surface area contributed by atoms with E-state index >= 15 is 0 Å². The Kier molecular flexibility index (Phi) is 8.58. The van der Waals surface area contributed by atoms with Gasteiger partial charge in [-0.05, 0) is 50.1 Å². The smallest absolute Gasteiger partial charge is 0.224 e. The van der Waals surface area contributed by atoms with Crippen molar-refractivity contribution in [1.29, 1.82) is 0 Å². The number of hydrogen-bond acceptors (Lipinski definition) is 4. The van der Waals surface area contributed by atoms with Gasteiger partial charge < -0.3 is 20.4 Å². The summed E-state index contributed by atoms with van der Waals surface area (Å²) in [5.74, 6) is 0.0563. The van der Waals surface area contributed by atoms with Crippen LogP contribution in [0.1, 0.15) is 45.1 Å². The Morgan fingerprint density at radius 2 is 1.81 bits per heavy atom. The summed E-state index contributed by atoms with van der Waals surface area (Å²) in [5, 5.41) is 5.80. The zero-order chi connectivity index (χ0) is 19.6. The van der Waals surface area contributed by atoms with Crippen molar-refractivity contribution in [1.82, 2.24) is 10.2 Å². The molecular weight excluding hydrogens is 340 g/mol. The van der Waals surface area contributed by atoms with E-state index < -0.39 is 0 Å². The van der Waals surface area contributed by atoms with Crippen molar-refractivity contribution < 1.29 is 9.59 Å². The first-order valence-electron chi connectivity index (χ1n) is 10.1. The average Bonchev–Trinajstić information content (AvgIpc) is 2.66. The Bertz CT molecular complexity index is 625. The normalized spacial score (nSPS) is 14.9. The van der Waals surface area contributed by atoms with E-state index in [2.05, 4.69) is 46.4 Å². The summed E-state index contributed by atoms with van der Waals surface area (Å²) >= 11 is 0. The van der Waals surface area contributed by atoms with Crippen LogP contribution in [-0.4, -0.2) is 56.0 Å². The lowest BCUT2D eigenvalue weighted by Crippen LogP contribution is -2.46. The van der Waals surface area contributed by atoms with Gasteiger partial charge in [-0.3, -0.25) is 9.59 Å². The van der Waals surface area contributed by atoms with Crippen molar-refractivity contribution in [2.75, 3.05) is 49.5 Å². The zero-order valence-corrected chi connectivity index (χ0v) is 17.0. The van der Waals surface area contributed by atoms with E-state index in [0.29, 0.717) is 13.0 Å². The third-order valence-corrected chi connectivity index (χ3v) is 5.12. The number of anilines is 2. The van der Waals surface area contributed by atoms with Gasteiger partial charge >= 0.3 is 0 Å². The second-order valence-corrected chi connectivity index (χ2v) is 7.26. The average molecular weight is 375 g/mol. The quantitative estimate of drug-likeness (QED) is 0.653. The highest BCUT2D eigenvalue weighted by Gasteiger charge is 2.16. The molecule has 1 fully saturated rings. The van der Waals surface area contributed by atoms with E-state index in [1.165, 1.54) is 12.6 Å². The number of carbonyl (C=O) groups is 2. The molecule has 2 amide bonds. The largest absolute Gasteiger partial charge is 0.369 e. The molecule has 27 heavy (non-hydrogen) atoms. The predicted octanol–water partition coefficient (Wildman–Crippen LogP) is 2.77. The fraction of sp³-hybridized carbons (Fsp3) is 0.619. The third-order valence-electron chi connectivity index (χ3n) is 5.12. The van der Waals surface area contributed by atoms with Crippen LogP contribution in [0.5, 0.6) is 0 Å². The summed E-state index contributed by atoms with van der Waals surface area (Å²) in [6, 6.07) is 6.30. The fourth-order valence-corrected chi connectivity index (χ4v) is 3.37. The summed E-state index contributed by atoms with van der Waals surface area (Å²) in [4.78, 5) is 27.8. The predicted molar refractivity (Wildman–Crippen MR) is 111 cm³/mol. The maximum absolute atomic E-state index is 12.2. The number of benzene rings is 1. The van der Waals surface area contributed by atoms with Gasteiger partial charge in [0.05, 0.1) is 0 Å². The second-order valence-electron chi connectivity index (χ2n) is 7.26. The van der Waals surface area contributed by atoms with Gasteiger partial charge in [0, 0.05) is 57.4 Å². The molecule has 0 aromatic heterocycles. The molecule has 1 aromatic carbocycles. The van der Waals surface area contributed by atoms with E-state index in [4.69, 9.17) is 0 Å². The number of hydrogen-bond donors (Lipinski definition) is 2. The van der Waals surface area contributed by atoms with E-state index in [0.717, 1.165) is 63.2 Å². The molecule has 6 nitrogen and oxygen atoms in total. The highest BCUT2D eigenvalue weighted by Crippen LogP contribution is 2.24. The van der Waals surface area contributed by atoms with Crippen LogP contribution in [0.3, 0.4) is 0 Å². The second kappa shape index (κ2) is 10.9. The first-order valence-corrected chi connectivity index (χ1v) is 10.1. The molecular formula is C21H34N4O2. The highest BCUT2D eigenvalue weighted by molar-refractivity contribution is 5.91. The molecule has 1 heterocycles. The van der Waals surface area contributed by atoms with Gasteiger partial charge in [0.15, 0.2) is 0 Å². The van der Waals surface area contributed by atoms with Crippen LogP contribution in [-0.2, 0) is 9.59 Å². The minimum absolute atomic E-state index is 0.00101. The van der Waals surface area contributed by atoms with E-state index in [9.17, 15) is 9.59 Å². The minimum Gasteiger partial charge on any atom is -0.369 e. The number of carbonyl (C=O) groups excluding carboxylic acids is 2. The third kappa shape index (κ3) is 7.21. The van der Waals surface area contributed by atoms with Crippen molar-refractivity contribution in [2.24, 2.45) is 0 Å². The molecule has 0 radical (unpaired) electrons. The molecule has 2 N–H and O–H groups in total. The number of nitrogens with one attached hydrogen (secondary N) is 2. The number of rotatable bonds is 9. The standard InChI is InChI=1S/C21H34N4O2/c1-4-24-12-14-25(15-13-24)19-9-10-20(17(2)16-19)23-21(27)8-6-5-7-11-22-18(3)26/h9-10,16H,4-8,11-15H2,1-3H3,(H,22,26)(H,23,27). The lowest BCUT2D eigenvalue weighted by molar-refractivity contribution is -0.119. The lowest BCUT2D eigenvalue weighted by atomic mass is 10.1. The summed E-state index contributed by atoms with van der Waals surface area (Å²) in [7, 11) is 0. The van der Waals surface area contributed by atoms with Crippen LogP contribution in [0.15, 0.2) is 18.2 Å². The van der Waals surface area contributed by atoms with Crippen LogP contribution in [0.25, 0.3) is 0 Å². The SMILES string of the molecule is CCN1CCN(c2ccc(NC(=O)CCCCCNC(C)=O)c(C)c2)CC1. The molecule has 2 rings (SSSR count). The molecule has 0 atom stereocenters. The Labute approximate surface area is 163 Å². The van der Waals surface area contributed by atoms with Crippen LogP contribution in [0.4, 0.5) is 11.4 Å². The monoisotopic (exact) mass is 374 g/mol. The van der Waals surface area contributed by atoms with E-state index in [1.54, 1.807) is 0 Å². The summed E-state index contributed by atoms with van der Waals surface area (Å²) in [6.07, 6.45) is 3.20. The van der Waals surface area contributed by atoms with Gasteiger partial charge in [0.2, 0.25) is 11.8 Å². The molecule has 0 aliphatic carbocycles. The molecule has 1 aliphatic heterocycles. The van der Waals surface area contributed by atoms with Crippen molar-refractivity contribution >= 4 is 23.2 Å². The minimum atomic E-state index is -0.00101. The number of nitrogens with zero attached hydrogens (tertiary/aromatic N) is 2. The Morgan fingerprint density at radius 3 is 2.44 bits per heavy atom. The number of likely N-dealkylation sites (N-methyl/N-ethyl adjacent to an activating group) is 1. The number of unbranched alkanes of at least 4 members (excludes halogenated alkanes) is 2. The van der Waals surface area contributed by atoms with Crippen molar-refractivity contribution in [3.8, 4) is 0 Å². The molecule has 0 spiro atoms. The maximum Gasteiger partial charge on any atom is 0.224 e. The zero-order valence-electron chi connectivity index (χ0n) is 17.0. The maximum atomic E-state index is 12.2. The van der Waals surface area contributed by atoms with E-state index in [1.807, 2.05) is 6.07 Å². The van der Waals surface area contributed by atoms with Gasteiger partial charge in [-0.25, -0.2) is 0 Å². The molecule has 1 aromatic rings. The molecule has 6 heteroatoms. The number of aryl methyl sites for hydroxylation is 1. The molecule has 1 aliphatic rings. The first-order chi connectivity index (χ1) is 13.0. The van der Waals surface area contributed by atoms with Crippen LogP contribution < -0.4 is 15.5 Å². The molecule has 0 unspecified atom stereocenters. The van der Waals surface area contributed by atoms with Crippen molar-refractivity contribution in [3.63, 3.8) is 0 Å². The van der Waals surface area contributed by atoms with Gasteiger partial charge in [-0.15, -0.1) is 0 Å². The summed E-state index contributed by atoms with van der Waals surface area (Å²) < 4.78 is 0. The van der Waals surface area contributed by atoms with E-state index in [-0.39, 0.29) is 11.8 Å². The number of amides is 2. The van der Waals surface area contributed by atoms with Gasteiger partial charge in [0.1, 0.15) is 0 Å². The topological polar surface area (TPSA) is 64.7 Å². The summed E-state index contributed by atoms with van der Waals surface area (Å²) in [5.41, 5.74) is 3.23. The fourth-order valence-electron chi connectivity index (χ4n) is 3.37. The van der Waals surface area contributed by atoms with Crippen LogP contribution >= 0.6 is 0 Å². The lowest BCUT2D eigenvalue weighted by Gasteiger charge is -2.35. The Balaban J connectivity index is 1.75. The van der Waals surface area contributed by atoms with Gasteiger partial charge in [0.25, 0.3) is 0 Å². The molecule has 0 saturated carbocycles. The van der Waals surface area contributed by atoms with Gasteiger partial charge in [-0.1, -0.05) is 13.3 Å². The van der Waals surface area contributed by atoms with Crippen LogP contribution in [0, 0.1) is 6.92 Å². The van der Waals surface area contributed by atoms with Crippen LogP contribution in [0.2, 0.25) is 0 Å². The Morgan fingerprint density at radius 1 is 1.07 bits per heavy atom. The highest BCUT2D eigenvalue weighted by atomic mass is 16.2. The number of piperazine rings is 1. The first kappa shape index (κ1) is 21.2. The molecule has 1 saturated heterocycles. The Hall–Kier alpha value is -2.08. The van der Waals surface area contributed by atoms with Crippen molar-refractivity contribution in [2.45, 2.75) is 46.5 Å². The summed E-state index contributed by atoms with van der Waals surface area (Å²) in [6.45, 7) is 11.9. The molecule has 150 valence electrons. The van der Waals surface area contributed by atoms with Crippen molar-refractivity contribution in [3.05, 3.63) is 23.8 Å². The molecule has 0 bridgehead atoms. The van der Waals surface area contributed by atoms with Gasteiger partial charge in [-0.2, -0.15) is 0 Å².